The minimum atomic E-state index is 0.355. The van der Waals surface area contributed by atoms with Crippen LogP contribution in [0.25, 0.3) is 0 Å². The highest BCUT2D eigenvalue weighted by atomic mass is 32.1. The van der Waals surface area contributed by atoms with Crippen LogP contribution in [0.5, 0.6) is 0 Å². The molecule has 102 valence electrons. The smallest absolute Gasteiger partial charge is 0.170 e. The van der Waals surface area contributed by atoms with Crippen LogP contribution in [0, 0.1) is 0 Å². The van der Waals surface area contributed by atoms with Gasteiger partial charge in [-0.15, -0.1) is 0 Å². The van der Waals surface area contributed by atoms with Crippen LogP contribution in [-0.2, 0) is 4.74 Å². The van der Waals surface area contributed by atoms with E-state index in [2.05, 4.69) is 29.6 Å². The molecule has 0 radical (unpaired) electrons. The molecule has 0 fully saturated rings. The average molecular weight is 270 g/mol. The maximum absolute atomic E-state index is 5.25. The molecule has 1 aromatic rings. The van der Waals surface area contributed by atoms with Gasteiger partial charge in [-0.25, -0.2) is 0 Å². The van der Waals surface area contributed by atoms with Gasteiger partial charge in [-0.2, -0.15) is 5.10 Å². The molecule has 0 saturated carbocycles. The van der Waals surface area contributed by atoms with Gasteiger partial charge >= 0.3 is 0 Å². The second-order valence-corrected chi connectivity index (χ2v) is 4.64. The first-order valence-corrected chi connectivity index (χ1v) is 6.71. The third kappa shape index (κ3) is 5.46. The molecule has 0 aliphatic heterocycles. The monoisotopic (exact) mass is 270 g/mol. The Balaban J connectivity index is 2.22. The number of hydrogen-bond donors (Lipinski definition) is 2. The van der Waals surface area contributed by atoms with Crippen molar-refractivity contribution in [1.29, 1.82) is 0 Å². The van der Waals surface area contributed by atoms with E-state index < -0.39 is 0 Å². The molecule has 6 heteroatoms. The Bertz CT molecular complexity index is 365. The zero-order valence-corrected chi connectivity index (χ0v) is 12.1. The number of rotatable bonds is 7. The summed E-state index contributed by atoms with van der Waals surface area (Å²) in [6.45, 7) is 8.49. The van der Waals surface area contributed by atoms with Gasteiger partial charge in [0.25, 0.3) is 0 Å². The summed E-state index contributed by atoms with van der Waals surface area (Å²) in [4.78, 5) is 0. The van der Waals surface area contributed by atoms with Crippen molar-refractivity contribution >= 4 is 23.0 Å². The lowest BCUT2D eigenvalue weighted by Gasteiger charge is -2.09. The van der Waals surface area contributed by atoms with Gasteiger partial charge in [0.05, 0.1) is 11.9 Å². The van der Waals surface area contributed by atoms with Gasteiger partial charge in [0.2, 0.25) is 0 Å². The Hall–Kier alpha value is -1.14. The lowest BCUT2D eigenvalue weighted by Crippen LogP contribution is -2.29. The number of nitrogens with one attached hydrogen (secondary N) is 2. The minimum Gasteiger partial charge on any atom is -0.382 e. The van der Waals surface area contributed by atoms with Crippen molar-refractivity contribution in [3.05, 3.63) is 12.4 Å². The molecular formula is C12H22N4OS. The number of hydrogen-bond acceptors (Lipinski definition) is 3. The third-order valence-electron chi connectivity index (χ3n) is 2.34. The van der Waals surface area contributed by atoms with Gasteiger partial charge in [0.1, 0.15) is 0 Å². The molecule has 0 bridgehead atoms. The Morgan fingerprint density at radius 3 is 2.94 bits per heavy atom. The van der Waals surface area contributed by atoms with Crippen molar-refractivity contribution in [2.75, 3.05) is 25.1 Å². The van der Waals surface area contributed by atoms with Gasteiger partial charge < -0.3 is 15.4 Å². The summed E-state index contributed by atoms with van der Waals surface area (Å²) in [5.74, 6) is 0. The predicted molar refractivity (Wildman–Crippen MR) is 77.9 cm³/mol. The average Bonchev–Trinajstić information content (AvgIpc) is 2.77. The van der Waals surface area contributed by atoms with E-state index in [1.54, 1.807) is 6.20 Å². The van der Waals surface area contributed by atoms with Gasteiger partial charge in [-0.3, -0.25) is 4.68 Å². The molecule has 5 nitrogen and oxygen atoms in total. The molecule has 0 aliphatic carbocycles. The predicted octanol–water partition coefficient (Wildman–Crippen LogP) is 2.18. The Labute approximate surface area is 114 Å². The summed E-state index contributed by atoms with van der Waals surface area (Å²) in [6.07, 6.45) is 4.66. The van der Waals surface area contributed by atoms with Crippen LogP contribution in [0.1, 0.15) is 33.2 Å². The van der Waals surface area contributed by atoms with Crippen LogP contribution in [0.4, 0.5) is 5.69 Å². The van der Waals surface area contributed by atoms with Crippen LogP contribution in [0.3, 0.4) is 0 Å². The molecule has 0 spiro atoms. The van der Waals surface area contributed by atoms with Crippen molar-refractivity contribution in [3.63, 3.8) is 0 Å². The molecule has 18 heavy (non-hydrogen) atoms. The van der Waals surface area contributed by atoms with Crippen molar-refractivity contribution in [2.45, 2.75) is 33.2 Å². The van der Waals surface area contributed by atoms with Gasteiger partial charge in [0, 0.05) is 32.0 Å². The van der Waals surface area contributed by atoms with Crippen LogP contribution in [0.15, 0.2) is 12.4 Å². The fourth-order valence-electron chi connectivity index (χ4n) is 1.38. The largest absolute Gasteiger partial charge is 0.382 e. The van der Waals surface area contributed by atoms with E-state index in [9.17, 15) is 0 Å². The van der Waals surface area contributed by atoms with Crippen molar-refractivity contribution in [2.24, 2.45) is 0 Å². The summed E-state index contributed by atoms with van der Waals surface area (Å²) in [7, 11) is 0. The first-order valence-electron chi connectivity index (χ1n) is 6.30. The summed E-state index contributed by atoms with van der Waals surface area (Å²) in [6, 6.07) is 0.355. The number of anilines is 1. The summed E-state index contributed by atoms with van der Waals surface area (Å²) < 4.78 is 7.14. The first kappa shape index (κ1) is 14.9. The summed E-state index contributed by atoms with van der Waals surface area (Å²) >= 11 is 5.19. The molecular weight excluding hydrogens is 248 g/mol. The van der Waals surface area contributed by atoms with Crippen molar-refractivity contribution in [1.82, 2.24) is 15.1 Å². The van der Waals surface area contributed by atoms with Crippen LogP contribution < -0.4 is 10.6 Å². The Kier molecular flexibility index (Phi) is 6.67. The normalized spacial score (nSPS) is 10.7. The Morgan fingerprint density at radius 1 is 1.56 bits per heavy atom. The molecule has 2 N–H and O–H groups in total. The molecule has 0 atom stereocenters. The van der Waals surface area contributed by atoms with Crippen molar-refractivity contribution < 1.29 is 4.74 Å². The lowest BCUT2D eigenvalue weighted by molar-refractivity contribution is 0.146. The number of thiocarbonyl (C=S) groups is 1. The van der Waals surface area contributed by atoms with Gasteiger partial charge in [-0.05, 0) is 39.4 Å². The van der Waals surface area contributed by atoms with E-state index in [4.69, 9.17) is 17.0 Å². The second kappa shape index (κ2) is 8.05. The van der Waals surface area contributed by atoms with E-state index in [-0.39, 0.29) is 0 Å². The molecule has 0 amide bonds. The maximum atomic E-state index is 5.25. The molecule has 0 aliphatic rings. The SMILES string of the molecule is CCOCCCNC(=S)Nc1cnn(C(C)C)c1. The number of aromatic nitrogens is 2. The van der Waals surface area contributed by atoms with Crippen LogP contribution in [-0.4, -0.2) is 34.7 Å². The molecule has 0 saturated heterocycles. The van der Waals surface area contributed by atoms with Gasteiger partial charge in [0.15, 0.2) is 5.11 Å². The van der Waals surface area contributed by atoms with E-state index >= 15 is 0 Å². The van der Waals surface area contributed by atoms with Crippen LogP contribution in [0.2, 0.25) is 0 Å². The zero-order chi connectivity index (χ0) is 13.4. The lowest BCUT2D eigenvalue weighted by atomic mass is 10.4. The highest BCUT2D eigenvalue weighted by Crippen LogP contribution is 2.09. The van der Waals surface area contributed by atoms with E-state index in [0.717, 1.165) is 31.9 Å². The second-order valence-electron chi connectivity index (χ2n) is 4.23. The van der Waals surface area contributed by atoms with Gasteiger partial charge in [-0.1, -0.05) is 0 Å². The molecule has 0 unspecified atom stereocenters. The van der Waals surface area contributed by atoms with E-state index in [0.29, 0.717) is 11.2 Å². The molecule has 0 aromatic carbocycles. The number of nitrogens with zero attached hydrogens (tertiary/aromatic N) is 2. The third-order valence-corrected chi connectivity index (χ3v) is 2.59. The zero-order valence-electron chi connectivity index (χ0n) is 11.3. The van der Waals surface area contributed by atoms with Crippen LogP contribution >= 0.6 is 12.2 Å². The maximum Gasteiger partial charge on any atom is 0.170 e. The number of ether oxygens (including phenoxy) is 1. The first-order chi connectivity index (χ1) is 8.63. The molecule has 1 rings (SSSR count). The standard InChI is InChI=1S/C12H22N4OS/c1-4-17-7-5-6-13-12(18)15-11-8-14-16(9-11)10(2)3/h8-10H,4-7H2,1-3H3,(H2,13,15,18). The summed E-state index contributed by atoms with van der Waals surface area (Å²) in [5.41, 5.74) is 0.908. The quantitative estimate of drug-likeness (QED) is 0.587. The highest BCUT2D eigenvalue weighted by molar-refractivity contribution is 7.80. The minimum absolute atomic E-state index is 0.355. The van der Waals surface area contributed by atoms with E-state index in [1.165, 1.54) is 0 Å². The topological polar surface area (TPSA) is 51.1 Å². The Morgan fingerprint density at radius 2 is 2.33 bits per heavy atom. The summed E-state index contributed by atoms with van der Waals surface area (Å²) in [5, 5.41) is 11.1. The van der Waals surface area contributed by atoms with Crippen molar-refractivity contribution in [3.8, 4) is 0 Å². The highest BCUT2D eigenvalue weighted by Gasteiger charge is 2.02. The van der Waals surface area contributed by atoms with E-state index in [1.807, 2.05) is 17.8 Å². The fraction of sp³-hybridized carbons (Fsp3) is 0.667. The fourth-order valence-corrected chi connectivity index (χ4v) is 1.60. The molecule has 1 heterocycles. The molecule has 1 aromatic heterocycles.